The van der Waals surface area contributed by atoms with Crippen LogP contribution in [0.25, 0.3) is 0 Å². The summed E-state index contributed by atoms with van der Waals surface area (Å²) < 4.78 is 7.92. The first kappa shape index (κ1) is 17.2. The molecule has 0 spiro atoms. The van der Waals surface area contributed by atoms with Crippen molar-refractivity contribution < 1.29 is 4.74 Å². The summed E-state index contributed by atoms with van der Waals surface area (Å²) >= 11 is 7.17. The van der Waals surface area contributed by atoms with Crippen molar-refractivity contribution in [2.45, 2.75) is 6.42 Å². The van der Waals surface area contributed by atoms with E-state index in [1.807, 2.05) is 0 Å². The Hall–Kier alpha value is -0.140. The first-order chi connectivity index (χ1) is 10.1. The van der Waals surface area contributed by atoms with E-state index in [1.54, 1.807) is 0 Å². The van der Waals surface area contributed by atoms with Crippen molar-refractivity contribution in [3.8, 4) is 5.75 Å². The molecule has 0 aliphatic carbocycles. The Morgan fingerprint density at radius 1 is 1.14 bits per heavy atom. The lowest BCUT2D eigenvalue weighted by Crippen LogP contribution is -2.45. The number of nitrogens with zero attached hydrogens (tertiary/aromatic N) is 2. The zero-order valence-electron chi connectivity index (χ0n) is 12.4. The number of hydrogen-bond donors (Lipinski definition) is 1. The number of likely N-dealkylation sites (N-methyl/N-ethyl adjacent to an activating group) is 1. The van der Waals surface area contributed by atoms with Gasteiger partial charge in [0, 0.05) is 32.7 Å². The van der Waals surface area contributed by atoms with Crippen molar-refractivity contribution in [3.05, 3.63) is 26.6 Å². The molecule has 0 radical (unpaired) electrons. The lowest BCUT2D eigenvalue weighted by atomic mass is 10.1. The van der Waals surface area contributed by atoms with Crippen LogP contribution >= 0.6 is 31.9 Å². The van der Waals surface area contributed by atoms with Gasteiger partial charge in [-0.15, -0.1) is 0 Å². The lowest BCUT2D eigenvalue weighted by molar-refractivity contribution is 0.133. The third kappa shape index (κ3) is 5.21. The smallest absolute Gasteiger partial charge is 0.147 e. The van der Waals surface area contributed by atoms with E-state index in [2.05, 4.69) is 60.8 Å². The monoisotopic (exact) mass is 419 g/mol. The molecule has 1 aromatic rings. The molecular formula is C15H23Br2N3O. The van der Waals surface area contributed by atoms with Crippen LogP contribution in [0.1, 0.15) is 5.56 Å². The van der Waals surface area contributed by atoms with E-state index in [9.17, 15) is 0 Å². The Morgan fingerprint density at radius 3 is 2.33 bits per heavy atom. The van der Waals surface area contributed by atoms with E-state index in [0.29, 0.717) is 13.2 Å². The molecule has 21 heavy (non-hydrogen) atoms. The van der Waals surface area contributed by atoms with Gasteiger partial charge in [-0.1, -0.05) is 0 Å². The fourth-order valence-corrected chi connectivity index (χ4v) is 3.92. The largest absolute Gasteiger partial charge is 0.490 e. The maximum atomic E-state index is 5.95. The summed E-state index contributed by atoms with van der Waals surface area (Å²) in [6, 6.07) is 4.17. The van der Waals surface area contributed by atoms with Gasteiger partial charge in [-0.3, -0.25) is 4.90 Å². The van der Waals surface area contributed by atoms with Gasteiger partial charge in [-0.05, 0) is 69.6 Å². The third-order valence-electron chi connectivity index (χ3n) is 3.74. The van der Waals surface area contributed by atoms with Crippen molar-refractivity contribution >= 4 is 31.9 Å². The van der Waals surface area contributed by atoms with Crippen molar-refractivity contribution in [2.24, 2.45) is 5.73 Å². The standard InChI is InChI=1S/C15H23Br2N3O/c1-19-4-6-20(7-5-19)8-9-21-15-13(16)10-12(2-3-18)11-14(15)17/h10-11H,2-9,18H2,1H3. The van der Waals surface area contributed by atoms with Gasteiger partial charge in [0.15, 0.2) is 0 Å². The van der Waals surface area contributed by atoms with Crippen molar-refractivity contribution in [1.82, 2.24) is 9.80 Å². The molecule has 0 aromatic heterocycles. The summed E-state index contributed by atoms with van der Waals surface area (Å²) in [6.45, 7) is 6.86. The van der Waals surface area contributed by atoms with Crippen molar-refractivity contribution in [3.63, 3.8) is 0 Å². The number of rotatable bonds is 6. The Kier molecular flexibility index (Phi) is 6.95. The number of piperazine rings is 1. The fourth-order valence-electron chi connectivity index (χ4n) is 2.41. The highest BCUT2D eigenvalue weighted by molar-refractivity contribution is 9.11. The molecule has 1 aliphatic rings. The average Bonchev–Trinajstić information content (AvgIpc) is 2.44. The average molecular weight is 421 g/mol. The minimum absolute atomic E-state index is 0.655. The molecule has 0 unspecified atom stereocenters. The predicted octanol–water partition coefficient (Wildman–Crippen LogP) is 2.34. The fraction of sp³-hybridized carbons (Fsp3) is 0.600. The van der Waals surface area contributed by atoms with Gasteiger partial charge >= 0.3 is 0 Å². The molecule has 0 bridgehead atoms. The van der Waals surface area contributed by atoms with Crippen LogP contribution in [-0.4, -0.2) is 62.7 Å². The van der Waals surface area contributed by atoms with Crippen LogP contribution in [-0.2, 0) is 6.42 Å². The van der Waals surface area contributed by atoms with E-state index in [-0.39, 0.29) is 0 Å². The molecule has 2 N–H and O–H groups in total. The Bertz CT molecular complexity index is 439. The number of nitrogens with two attached hydrogens (primary N) is 1. The molecule has 2 rings (SSSR count). The molecule has 118 valence electrons. The van der Waals surface area contributed by atoms with Crippen molar-refractivity contribution in [2.75, 3.05) is 52.9 Å². The molecule has 1 heterocycles. The van der Waals surface area contributed by atoms with Gasteiger partial charge < -0.3 is 15.4 Å². The topological polar surface area (TPSA) is 41.7 Å². The Labute approximate surface area is 143 Å². The van der Waals surface area contributed by atoms with Crippen LogP contribution < -0.4 is 10.5 Å². The number of ether oxygens (including phenoxy) is 1. The maximum Gasteiger partial charge on any atom is 0.147 e. The van der Waals surface area contributed by atoms with Gasteiger partial charge in [0.1, 0.15) is 12.4 Å². The molecule has 6 heteroatoms. The zero-order valence-corrected chi connectivity index (χ0v) is 15.6. The second-order valence-electron chi connectivity index (χ2n) is 5.42. The molecule has 1 fully saturated rings. The summed E-state index contributed by atoms with van der Waals surface area (Å²) in [5.41, 5.74) is 6.81. The molecule has 1 saturated heterocycles. The van der Waals surface area contributed by atoms with E-state index >= 15 is 0 Å². The third-order valence-corrected chi connectivity index (χ3v) is 4.92. The second-order valence-corrected chi connectivity index (χ2v) is 7.13. The maximum absolute atomic E-state index is 5.95. The van der Waals surface area contributed by atoms with Gasteiger partial charge in [0.25, 0.3) is 0 Å². The summed E-state index contributed by atoms with van der Waals surface area (Å²) in [5, 5.41) is 0. The van der Waals surface area contributed by atoms with E-state index < -0.39 is 0 Å². The van der Waals surface area contributed by atoms with Crippen molar-refractivity contribution in [1.29, 1.82) is 0 Å². The molecule has 0 saturated carbocycles. The van der Waals surface area contributed by atoms with Gasteiger partial charge in [-0.25, -0.2) is 0 Å². The Balaban J connectivity index is 1.85. The minimum atomic E-state index is 0.655. The van der Waals surface area contributed by atoms with Gasteiger partial charge in [0.2, 0.25) is 0 Å². The van der Waals surface area contributed by atoms with Crippen LogP contribution in [0.2, 0.25) is 0 Å². The highest BCUT2D eigenvalue weighted by Gasteiger charge is 2.14. The van der Waals surface area contributed by atoms with Crippen LogP contribution in [0.15, 0.2) is 21.1 Å². The van der Waals surface area contributed by atoms with Gasteiger partial charge in [0.05, 0.1) is 8.95 Å². The van der Waals surface area contributed by atoms with Crippen LogP contribution in [0, 0.1) is 0 Å². The van der Waals surface area contributed by atoms with Crippen LogP contribution in [0.5, 0.6) is 5.75 Å². The van der Waals surface area contributed by atoms with E-state index in [1.165, 1.54) is 5.56 Å². The predicted molar refractivity (Wildman–Crippen MR) is 94.0 cm³/mol. The molecule has 1 aromatic carbocycles. The number of hydrogen-bond acceptors (Lipinski definition) is 4. The quantitative estimate of drug-likeness (QED) is 0.766. The van der Waals surface area contributed by atoms with Gasteiger partial charge in [-0.2, -0.15) is 0 Å². The summed E-state index contributed by atoms with van der Waals surface area (Å²) in [7, 11) is 2.17. The molecule has 1 aliphatic heterocycles. The van der Waals surface area contributed by atoms with Crippen LogP contribution in [0.3, 0.4) is 0 Å². The van der Waals surface area contributed by atoms with Crippen LogP contribution in [0.4, 0.5) is 0 Å². The number of halogens is 2. The highest BCUT2D eigenvalue weighted by atomic mass is 79.9. The highest BCUT2D eigenvalue weighted by Crippen LogP contribution is 2.34. The summed E-state index contributed by atoms with van der Waals surface area (Å²) in [4.78, 5) is 4.81. The second kappa shape index (κ2) is 8.48. The minimum Gasteiger partial charge on any atom is -0.490 e. The SMILES string of the molecule is CN1CCN(CCOc2c(Br)cc(CCN)cc2Br)CC1. The number of benzene rings is 1. The molecule has 0 amide bonds. The molecule has 0 atom stereocenters. The first-order valence-corrected chi connectivity index (χ1v) is 8.90. The lowest BCUT2D eigenvalue weighted by Gasteiger charge is -2.32. The summed E-state index contributed by atoms with van der Waals surface area (Å²) in [6.07, 6.45) is 0.874. The zero-order chi connectivity index (χ0) is 15.2. The first-order valence-electron chi connectivity index (χ1n) is 7.32. The van der Waals surface area contributed by atoms with E-state index in [0.717, 1.165) is 53.8 Å². The summed E-state index contributed by atoms with van der Waals surface area (Å²) in [5.74, 6) is 0.880. The molecular weight excluding hydrogens is 398 g/mol. The normalized spacial score (nSPS) is 17.1. The van der Waals surface area contributed by atoms with E-state index in [4.69, 9.17) is 10.5 Å². The Morgan fingerprint density at radius 2 is 1.76 bits per heavy atom. The molecule has 4 nitrogen and oxygen atoms in total.